The van der Waals surface area contributed by atoms with Crippen LogP contribution in [0.3, 0.4) is 0 Å². The number of nitrogens with zero attached hydrogens (tertiary/aromatic N) is 1. The van der Waals surface area contributed by atoms with Crippen LogP contribution in [0.4, 0.5) is 5.69 Å². The number of aromatic nitrogens is 1. The zero-order chi connectivity index (χ0) is 14.8. The van der Waals surface area contributed by atoms with E-state index in [0.29, 0.717) is 11.3 Å². The second-order valence-corrected chi connectivity index (χ2v) is 6.70. The van der Waals surface area contributed by atoms with Gasteiger partial charge in [0.1, 0.15) is 0 Å². The van der Waals surface area contributed by atoms with Crippen molar-refractivity contribution in [2.75, 3.05) is 12.8 Å². The zero-order valence-corrected chi connectivity index (χ0v) is 12.9. The second-order valence-electron chi connectivity index (χ2n) is 4.38. The van der Waals surface area contributed by atoms with Gasteiger partial charge in [0.25, 0.3) is 5.91 Å². The third-order valence-electron chi connectivity index (χ3n) is 2.95. The lowest BCUT2D eigenvalue weighted by Gasteiger charge is -2.07. The number of hydrogen-bond acceptors (Lipinski definition) is 5. The van der Waals surface area contributed by atoms with Crippen molar-refractivity contribution in [3.63, 3.8) is 0 Å². The molecule has 6 heteroatoms. The smallest absolute Gasteiger partial charge is 0.252 e. The maximum Gasteiger partial charge on any atom is 0.252 e. The number of nitrogens with one attached hydrogen (secondary N) is 1. The molecule has 2 aromatic carbocycles. The molecule has 0 aliphatic heterocycles. The Bertz CT molecular complexity index is 781. The lowest BCUT2D eigenvalue weighted by Crippen LogP contribution is -2.18. The highest BCUT2D eigenvalue weighted by Crippen LogP contribution is 2.36. The Kier molecular flexibility index (Phi) is 3.81. The third kappa shape index (κ3) is 2.86. The minimum absolute atomic E-state index is 0.126. The summed E-state index contributed by atoms with van der Waals surface area (Å²) in [6, 6.07) is 13.3. The van der Waals surface area contributed by atoms with Crippen molar-refractivity contribution in [2.24, 2.45) is 0 Å². The molecular formula is C15H13N3OS2. The molecule has 0 saturated heterocycles. The van der Waals surface area contributed by atoms with Crippen LogP contribution < -0.4 is 11.1 Å². The maximum atomic E-state index is 11.9. The molecule has 21 heavy (non-hydrogen) atoms. The summed E-state index contributed by atoms with van der Waals surface area (Å²) in [5, 5.41) is 2.64. The summed E-state index contributed by atoms with van der Waals surface area (Å²) in [4.78, 5) is 17.3. The molecule has 0 aliphatic rings. The normalized spacial score (nSPS) is 10.7. The molecular weight excluding hydrogens is 302 g/mol. The van der Waals surface area contributed by atoms with E-state index in [1.54, 1.807) is 36.6 Å². The Labute approximate surface area is 130 Å². The Morgan fingerprint density at radius 3 is 2.86 bits per heavy atom. The molecule has 0 radical (unpaired) electrons. The highest BCUT2D eigenvalue weighted by Gasteiger charge is 2.13. The van der Waals surface area contributed by atoms with E-state index < -0.39 is 0 Å². The summed E-state index contributed by atoms with van der Waals surface area (Å²) >= 11 is 3.07. The average molecular weight is 315 g/mol. The number of carbonyl (C=O) groups is 1. The number of anilines is 1. The van der Waals surface area contributed by atoms with Gasteiger partial charge in [-0.3, -0.25) is 4.79 Å². The molecule has 1 heterocycles. The third-order valence-corrected chi connectivity index (χ3v) is 5.10. The molecule has 0 fully saturated rings. The molecule has 1 amide bonds. The van der Waals surface area contributed by atoms with E-state index in [2.05, 4.69) is 10.3 Å². The summed E-state index contributed by atoms with van der Waals surface area (Å²) in [6.45, 7) is 0. The fraction of sp³-hybridized carbons (Fsp3) is 0.0667. The van der Waals surface area contributed by atoms with E-state index in [1.807, 2.05) is 24.3 Å². The van der Waals surface area contributed by atoms with Crippen LogP contribution in [0.25, 0.3) is 10.2 Å². The van der Waals surface area contributed by atoms with Crippen molar-refractivity contribution in [1.29, 1.82) is 0 Å². The number of thiazole rings is 1. The number of rotatable bonds is 3. The Hall–Kier alpha value is -2.05. The molecule has 106 valence electrons. The van der Waals surface area contributed by atoms with Gasteiger partial charge in [-0.2, -0.15) is 0 Å². The van der Waals surface area contributed by atoms with Crippen LogP contribution in [-0.4, -0.2) is 17.9 Å². The number of para-hydroxylation sites is 1. The summed E-state index contributed by atoms with van der Waals surface area (Å²) in [5.74, 6) is -0.126. The van der Waals surface area contributed by atoms with Crippen LogP contribution in [0.2, 0.25) is 0 Å². The number of fused-ring (bicyclic) bond motifs is 1. The molecule has 1 aromatic heterocycles. The highest BCUT2D eigenvalue weighted by molar-refractivity contribution is 8.01. The minimum Gasteiger partial charge on any atom is -0.399 e. The first-order chi connectivity index (χ1) is 10.2. The Morgan fingerprint density at radius 2 is 2.10 bits per heavy atom. The van der Waals surface area contributed by atoms with Crippen LogP contribution in [0.15, 0.2) is 51.7 Å². The van der Waals surface area contributed by atoms with Gasteiger partial charge in [-0.25, -0.2) is 4.98 Å². The molecule has 0 bridgehead atoms. The van der Waals surface area contributed by atoms with Gasteiger partial charge in [-0.1, -0.05) is 23.9 Å². The molecule has 4 nitrogen and oxygen atoms in total. The number of nitrogen functional groups attached to an aromatic ring is 1. The Balaban J connectivity index is 2.00. The standard InChI is InChI=1S/C15H13N3OS2/c1-17-14(19)10-7-6-9(16)8-13(10)21-15-18-11-4-2-3-5-12(11)20-15/h2-8H,16H2,1H3,(H,17,19). The molecule has 0 spiro atoms. The van der Waals surface area contributed by atoms with E-state index in [-0.39, 0.29) is 5.91 Å². The lowest BCUT2D eigenvalue weighted by atomic mass is 10.2. The first-order valence-corrected chi connectivity index (χ1v) is 7.95. The molecule has 0 saturated carbocycles. The van der Waals surface area contributed by atoms with Gasteiger partial charge in [0, 0.05) is 17.6 Å². The summed E-state index contributed by atoms with van der Waals surface area (Å²) in [6.07, 6.45) is 0. The van der Waals surface area contributed by atoms with Gasteiger partial charge >= 0.3 is 0 Å². The molecule has 0 unspecified atom stereocenters. The van der Waals surface area contributed by atoms with Crippen LogP contribution >= 0.6 is 23.1 Å². The largest absolute Gasteiger partial charge is 0.399 e. The van der Waals surface area contributed by atoms with Crippen LogP contribution in [-0.2, 0) is 0 Å². The number of nitrogens with two attached hydrogens (primary N) is 1. The number of carbonyl (C=O) groups excluding carboxylic acids is 1. The predicted molar refractivity (Wildman–Crippen MR) is 88.0 cm³/mol. The quantitative estimate of drug-likeness (QED) is 0.727. The average Bonchev–Trinajstić information content (AvgIpc) is 2.89. The lowest BCUT2D eigenvalue weighted by molar-refractivity contribution is 0.0960. The van der Waals surface area contributed by atoms with Crippen LogP contribution in [0, 0.1) is 0 Å². The van der Waals surface area contributed by atoms with Crippen molar-refractivity contribution in [1.82, 2.24) is 10.3 Å². The van der Waals surface area contributed by atoms with Gasteiger partial charge in [0.2, 0.25) is 0 Å². The molecule has 0 aliphatic carbocycles. The number of hydrogen-bond donors (Lipinski definition) is 2. The maximum absolute atomic E-state index is 11.9. The summed E-state index contributed by atoms with van der Waals surface area (Å²) in [7, 11) is 1.62. The van der Waals surface area contributed by atoms with Gasteiger partial charge in [-0.15, -0.1) is 11.3 Å². The van der Waals surface area contributed by atoms with E-state index in [1.165, 1.54) is 11.8 Å². The van der Waals surface area contributed by atoms with Gasteiger partial charge in [0.05, 0.1) is 15.8 Å². The van der Waals surface area contributed by atoms with E-state index in [0.717, 1.165) is 19.5 Å². The fourth-order valence-electron chi connectivity index (χ4n) is 1.93. The van der Waals surface area contributed by atoms with Crippen LogP contribution in [0.1, 0.15) is 10.4 Å². The van der Waals surface area contributed by atoms with Crippen molar-refractivity contribution in [3.8, 4) is 0 Å². The second kappa shape index (κ2) is 5.75. The SMILES string of the molecule is CNC(=O)c1ccc(N)cc1Sc1nc2ccccc2s1. The molecule has 3 aromatic rings. The first-order valence-electron chi connectivity index (χ1n) is 6.32. The van der Waals surface area contributed by atoms with Gasteiger partial charge in [-0.05, 0) is 30.3 Å². The van der Waals surface area contributed by atoms with Crippen molar-refractivity contribution in [3.05, 3.63) is 48.0 Å². The van der Waals surface area contributed by atoms with Gasteiger partial charge in [0.15, 0.2) is 4.34 Å². The highest BCUT2D eigenvalue weighted by atomic mass is 32.2. The van der Waals surface area contributed by atoms with Crippen molar-refractivity contribution in [2.45, 2.75) is 9.24 Å². The molecule has 3 N–H and O–H groups in total. The van der Waals surface area contributed by atoms with Crippen LogP contribution in [0.5, 0.6) is 0 Å². The fourth-order valence-corrected chi connectivity index (χ4v) is 4.13. The molecule has 3 rings (SSSR count). The monoisotopic (exact) mass is 315 g/mol. The minimum atomic E-state index is -0.126. The van der Waals surface area contributed by atoms with E-state index in [9.17, 15) is 4.79 Å². The topological polar surface area (TPSA) is 68.0 Å². The number of benzene rings is 2. The number of amides is 1. The van der Waals surface area contributed by atoms with E-state index in [4.69, 9.17) is 5.73 Å². The molecule has 0 atom stereocenters. The predicted octanol–water partition coefficient (Wildman–Crippen LogP) is 3.39. The van der Waals surface area contributed by atoms with Gasteiger partial charge < -0.3 is 11.1 Å². The summed E-state index contributed by atoms with van der Waals surface area (Å²) in [5.41, 5.74) is 8.04. The zero-order valence-electron chi connectivity index (χ0n) is 11.3. The summed E-state index contributed by atoms with van der Waals surface area (Å²) < 4.78 is 2.03. The van der Waals surface area contributed by atoms with Crippen molar-refractivity contribution >= 4 is 44.9 Å². The van der Waals surface area contributed by atoms with Crippen molar-refractivity contribution < 1.29 is 4.79 Å². The Morgan fingerprint density at radius 1 is 1.29 bits per heavy atom. The first kappa shape index (κ1) is 13.9. The van der Waals surface area contributed by atoms with E-state index >= 15 is 0 Å².